The van der Waals surface area contributed by atoms with Crippen molar-refractivity contribution in [1.29, 1.82) is 0 Å². The summed E-state index contributed by atoms with van der Waals surface area (Å²) in [5, 5.41) is 9.34. The van der Waals surface area contributed by atoms with Crippen LogP contribution in [-0.4, -0.2) is 45.5 Å². The second kappa shape index (κ2) is 8.20. The van der Waals surface area contributed by atoms with Gasteiger partial charge in [0.05, 0.1) is 4.86 Å². The van der Waals surface area contributed by atoms with Gasteiger partial charge < -0.3 is 10.8 Å². The maximum atomic E-state index is 11.0. The molecule has 2 aromatic carbocycles. The molecule has 22 heavy (non-hydrogen) atoms. The number of carboxylic acid groups (broad SMARTS) is 1. The third-order valence-electron chi connectivity index (χ3n) is 3.17. The molecule has 6 heteroatoms. The fourth-order valence-corrected chi connectivity index (χ4v) is 2.43. The van der Waals surface area contributed by atoms with Gasteiger partial charge in [0.2, 0.25) is 0 Å². The Labute approximate surface area is 161 Å². The Balaban J connectivity index is 0.00000242. The number of carbonyl (C=O) groups is 1. The van der Waals surface area contributed by atoms with Crippen LogP contribution in [0.15, 0.2) is 42.5 Å². The average molecular weight is 344 g/mol. The Morgan fingerprint density at radius 2 is 1.73 bits per heavy atom. The molecule has 1 unspecified atom stereocenters. The number of carboxylic acids is 1. The van der Waals surface area contributed by atoms with Crippen molar-refractivity contribution in [2.75, 3.05) is 0 Å². The zero-order chi connectivity index (χ0) is 15.6. The summed E-state index contributed by atoms with van der Waals surface area (Å²) >= 11 is 11.5. The molecule has 3 nitrogen and oxygen atoms in total. The maximum absolute atomic E-state index is 11.0. The molecule has 0 amide bonds. The average Bonchev–Trinajstić information content (AvgIpc) is 2.47. The van der Waals surface area contributed by atoms with E-state index < -0.39 is 12.0 Å². The van der Waals surface area contributed by atoms with Crippen LogP contribution in [0, 0.1) is 6.92 Å². The van der Waals surface area contributed by atoms with Crippen LogP contribution in [0.2, 0.25) is 5.02 Å². The molecule has 0 heterocycles. The molecular weight excluding hydrogens is 329 g/mol. The number of nitrogens with two attached hydrogens (primary N) is 1. The van der Waals surface area contributed by atoms with Crippen LogP contribution in [0.3, 0.4) is 0 Å². The van der Waals surface area contributed by atoms with Crippen LogP contribution in [0.4, 0.5) is 0 Å². The first-order valence-corrected chi connectivity index (χ1v) is 7.08. The van der Waals surface area contributed by atoms with Gasteiger partial charge in [0.1, 0.15) is 6.04 Å². The van der Waals surface area contributed by atoms with Gasteiger partial charge in [0.15, 0.2) is 0 Å². The molecule has 0 aromatic heterocycles. The van der Waals surface area contributed by atoms with Gasteiger partial charge >= 0.3 is 35.5 Å². The van der Waals surface area contributed by atoms with Gasteiger partial charge in [0.25, 0.3) is 0 Å². The van der Waals surface area contributed by atoms with E-state index in [1.165, 1.54) is 0 Å². The third-order valence-corrected chi connectivity index (χ3v) is 3.99. The van der Waals surface area contributed by atoms with Crippen LogP contribution >= 0.6 is 23.8 Å². The summed E-state index contributed by atoms with van der Waals surface area (Å²) in [7, 11) is 0. The van der Waals surface area contributed by atoms with E-state index in [4.69, 9.17) is 34.7 Å². The van der Waals surface area contributed by atoms with Gasteiger partial charge in [-0.1, -0.05) is 59.7 Å². The number of benzene rings is 2. The molecule has 1 atom stereocenters. The summed E-state index contributed by atoms with van der Waals surface area (Å²) in [6, 6.07) is 11.7. The van der Waals surface area contributed by atoms with Gasteiger partial charge in [-0.15, -0.1) is 0 Å². The van der Waals surface area contributed by atoms with Crippen molar-refractivity contribution in [1.82, 2.24) is 0 Å². The van der Waals surface area contributed by atoms with E-state index in [1.807, 2.05) is 31.2 Å². The number of aliphatic carboxylic acids is 1. The molecule has 0 bridgehead atoms. The third kappa shape index (κ3) is 4.38. The van der Waals surface area contributed by atoms with E-state index in [9.17, 15) is 4.79 Å². The number of hydrogen-bond acceptors (Lipinski definition) is 3. The van der Waals surface area contributed by atoms with Gasteiger partial charge in [-0.2, -0.15) is 0 Å². The summed E-state index contributed by atoms with van der Waals surface area (Å²) in [6.45, 7) is 2.00. The fourth-order valence-electron chi connectivity index (χ4n) is 1.93. The van der Waals surface area contributed by atoms with Crippen molar-refractivity contribution in [2.24, 2.45) is 5.73 Å². The van der Waals surface area contributed by atoms with E-state index in [1.54, 1.807) is 18.2 Å². The Kier molecular flexibility index (Phi) is 7.19. The van der Waals surface area contributed by atoms with Crippen molar-refractivity contribution in [3.8, 4) is 0 Å². The molecule has 0 spiro atoms. The van der Waals surface area contributed by atoms with Crippen LogP contribution < -0.4 is 5.73 Å². The quantitative estimate of drug-likeness (QED) is 0.509. The standard InChI is InChI=1S/C16H14ClNO2S.Na.H/c1-9-2-4-10(5-3-9)15(21)11-6-7-13(17)12(8-11)14(18)16(19)20;;/h2-8,14H,18H2,1H3,(H,19,20);;. The molecule has 0 aliphatic heterocycles. The summed E-state index contributed by atoms with van der Waals surface area (Å²) < 4.78 is 0. The van der Waals surface area contributed by atoms with Crippen LogP contribution in [-0.2, 0) is 4.79 Å². The van der Waals surface area contributed by atoms with Crippen molar-refractivity contribution < 1.29 is 9.90 Å². The topological polar surface area (TPSA) is 63.3 Å². The molecule has 2 rings (SSSR count). The second-order valence-electron chi connectivity index (χ2n) is 4.75. The van der Waals surface area contributed by atoms with Crippen molar-refractivity contribution in [3.05, 3.63) is 69.7 Å². The van der Waals surface area contributed by atoms with E-state index >= 15 is 0 Å². The Morgan fingerprint density at radius 1 is 1.18 bits per heavy atom. The molecule has 2 aromatic rings. The van der Waals surface area contributed by atoms with Gasteiger partial charge in [-0.25, -0.2) is 0 Å². The zero-order valence-corrected chi connectivity index (χ0v) is 12.9. The molecular formula is C16H15ClNNaO2S. The summed E-state index contributed by atoms with van der Waals surface area (Å²) in [5.74, 6) is -1.13. The monoisotopic (exact) mass is 343 g/mol. The molecule has 3 N–H and O–H groups in total. The van der Waals surface area contributed by atoms with E-state index in [0.717, 1.165) is 16.7 Å². The van der Waals surface area contributed by atoms with E-state index in [0.29, 0.717) is 15.5 Å². The van der Waals surface area contributed by atoms with Crippen LogP contribution in [0.5, 0.6) is 0 Å². The molecule has 0 radical (unpaired) electrons. The predicted octanol–water partition coefficient (Wildman–Crippen LogP) is 2.85. The summed E-state index contributed by atoms with van der Waals surface area (Å²) in [5.41, 5.74) is 8.76. The molecule has 110 valence electrons. The van der Waals surface area contributed by atoms with E-state index in [-0.39, 0.29) is 29.6 Å². The number of aryl methyl sites for hydroxylation is 1. The first kappa shape index (κ1) is 19.3. The normalized spacial score (nSPS) is 11.4. The Morgan fingerprint density at radius 3 is 2.27 bits per heavy atom. The number of thiocarbonyl (C=S) groups is 1. The fraction of sp³-hybridized carbons (Fsp3) is 0.125. The van der Waals surface area contributed by atoms with Crippen molar-refractivity contribution in [2.45, 2.75) is 13.0 Å². The van der Waals surface area contributed by atoms with Crippen LogP contribution in [0.25, 0.3) is 0 Å². The predicted molar refractivity (Wildman–Crippen MR) is 95.1 cm³/mol. The van der Waals surface area contributed by atoms with Gasteiger partial charge in [0, 0.05) is 5.02 Å². The molecule has 0 aliphatic carbocycles. The summed E-state index contributed by atoms with van der Waals surface area (Å²) in [4.78, 5) is 11.7. The first-order chi connectivity index (χ1) is 9.90. The van der Waals surface area contributed by atoms with Gasteiger partial charge in [-0.3, -0.25) is 4.79 Å². The van der Waals surface area contributed by atoms with Crippen LogP contribution in [0.1, 0.15) is 28.3 Å². The molecule has 0 aliphatic rings. The SMILES string of the molecule is Cc1ccc(C(=S)c2ccc(Cl)c(C(N)C(=O)O)c2)cc1.[NaH]. The minimum atomic E-state index is -1.17. The number of halogens is 1. The molecule has 0 saturated carbocycles. The van der Waals surface area contributed by atoms with Crippen molar-refractivity contribution in [3.63, 3.8) is 0 Å². The molecule has 0 fully saturated rings. The summed E-state index contributed by atoms with van der Waals surface area (Å²) in [6.07, 6.45) is 0. The van der Waals surface area contributed by atoms with Crippen molar-refractivity contribution >= 4 is 64.2 Å². The second-order valence-corrected chi connectivity index (χ2v) is 5.56. The minimum absolute atomic E-state index is 0. The first-order valence-electron chi connectivity index (χ1n) is 6.29. The van der Waals surface area contributed by atoms with Gasteiger partial charge in [-0.05, 0) is 35.7 Å². The Hall–Kier alpha value is -0.750. The van der Waals surface area contributed by atoms with E-state index in [2.05, 4.69) is 0 Å². The Bertz CT molecular complexity index is 704. The number of hydrogen-bond donors (Lipinski definition) is 2. The number of rotatable bonds is 4. The molecule has 0 saturated heterocycles. The zero-order valence-electron chi connectivity index (χ0n) is 11.3.